The van der Waals surface area contributed by atoms with Crippen LogP contribution >= 0.6 is 0 Å². The van der Waals surface area contributed by atoms with Gasteiger partial charge >= 0.3 is 5.97 Å². The van der Waals surface area contributed by atoms with Crippen LogP contribution in [0.25, 0.3) is 0 Å². The van der Waals surface area contributed by atoms with Crippen LogP contribution in [0.1, 0.15) is 39.7 Å². The van der Waals surface area contributed by atoms with E-state index in [4.69, 9.17) is 9.47 Å². The molecule has 0 atom stereocenters. The van der Waals surface area contributed by atoms with Crippen LogP contribution in [0.2, 0.25) is 0 Å². The molecule has 18 heavy (non-hydrogen) atoms. The first-order valence-corrected chi connectivity index (χ1v) is 6.28. The Morgan fingerprint density at radius 3 is 2.67 bits per heavy atom. The fourth-order valence-electron chi connectivity index (χ4n) is 1.49. The van der Waals surface area contributed by atoms with E-state index in [0.29, 0.717) is 19.0 Å². The molecule has 0 radical (unpaired) electrons. The summed E-state index contributed by atoms with van der Waals surface area (Å²) >= 11 is 0. The molecule has 0 spiro atoms. The van der Waals surface area contributed by atoms with Gasteiger partial charge in [0.1, 0.15) is 5.75 Å². The SMILES string of the molecule is CCCOc1cncc(C(C)(C)C(=O)OCC)c1. The largest absolute Gasteiger partial charge is 0.492 e. The van der Waals surface area contributed by atoms with Gasteiger partial charge in [0.2, 0.25) is 0 Å². The summed E-state index contributed by atoms with van der Waals surface area (Å²) in [5.41, 5.74) is 0.0868. The number of aromatic nitrogens is 1. The molecule has 0 N–H and O–H groups in total. The summed E-state index contributed by atoms with van der Waals surface area (Å²) in [4.78, 5) is 16.0. The number of rotatable bonds is 6. The summed E-state index contributed by atoms with van der Waals surface area (Å²) in [6, 6.07) is 1.85. The maximum Gasteiger partial charge on any atom is 0.316 e. The van der Waals surface area contributed by atoms with Gasteiger partial charge in [-0.15, -0.1) is 0 Å². The summed E-state index contributed by atoms with van der Waals surface area (Å²) in [5.74, 6) is 0.436. The first-order valence-electron chi connectivity index (χ1n) is 6.28. The molecule has 0 bridgehead atoms. The molecule has 0 saturated carbocycles. The van der Waals surface area contributed by atoms with E-state index in [1.807, 2.05) is 26.8 Å². The molecule has 0 aromatic carbocycles. The number of ether oxygens (including phenoxy) is 2. The molecule has 0 fully saturated rings. The maximum atomic E-state index is 11.9. The van der Waals surface area contributed by atoms with E-state index in [1.54, 1.807) is 19.3 Å². The average Bonchev–Trinajstić information content (AvgIpc) is 2.37. The molecule has 0 aliphatic rings. The lowest BCUT2D eigenvalue weighted by molar-refractivity contribution is -0.148. The Bertz CT molecular complexity index is 402. The van der Waals surface area contributed by atoms with Gasteiger partial charge < -0.3 is 9.47 Å². The number of hydrogen-bond donors (Lipinski definition) is 0. The van der Waals surface area contributed by atoms with E-state index in [1.165, 1.54) is 0 Å². The highest BCUT2D eigenvalue weighted by Crippen LogP contribution is 2.26. The molecule has 0 amide bonds. The first kappa shape index (κ1) is 14.5. The van der Waals surface area contributed by atoms with Crippen molar-refractivity contribution in [1.82, 2.24) is 4.98 Å². The fourth-order valence-corrected chi connectivity index (χ4v) is 1.49. The summed E-state index contributed by atoms with van der Waals surface area (Å²) in [6.07, 6.45) is 4.27. The molecule has 0 aliphatic carbocycles. The molecule has 1 aromatic rings. The van der Waals surface area contributed by atoms with Crippen molar-refractivity contribution in [3.8, 4) is 5.75 Å². The van der Waals surface area contributed by atoms with Crippen molar-refractivity contribution < 1.29 is 14.3 Å². The zero-order chi connectivity index (χ0) is 13.6. The molecule has 1 rings (SSSR count). The van der Waals surface area contributed by atoms with Crippen molar-refractivity contribution in [3.63, 3.8) is 0 Å². The van der Waals surface area contributed by atoms with E-state index >= 15 is 0 Å². The smallest absolute Gasteiger partial charge is 0.316 e. The number of nitrogens with zero attached hydrogens (tertiary/aromatic N) is 1. The minimum absolute atomic E-state index is 0.251. The Kier molecular flexibility index (Phi) is 5.13. The van der Waals surface area contributed by atoms with Crippen LogP contribution in [0.3, 0.4) is 0 Å². The zero-order valence-electron chi connectivity index (χ0n) is 11.5. The normalized spacial score (nSPS) is 11.1. The fraction of sp³-hybridized carbons (Fsp3) is 0.571. The Balaban J connectivity index is 2.90. The average molecular weight is 251 g/mol. The standard InChI is InChI=1S/C14H21NO3/c1-5-7-18-12-8-11(9-15-10-12)14(3,4)13(16)17-6-2/h8-10H,5-7H2,1-4H3. The van der Waals surface area contributed by atoms with Gasteiger partial charge in [-0.3, -0.25) is 9.78 Å². The molecule has 1 aromatic heterocycles. The van der Waals surface area contributed by atoms with E-state index in [0.717, 1.165) is 12.0 Å². The Hall–Kier alpha value is -1.58. The summed E-state index contributed by atoms with van der Waals surface area (Å²) in [5, 5.41) is 0. The van der Waals surface area contributed by atoms with Gasteiger partial charge in [0.15, 0.2) is 0 Å². The van der Waals surface area contributed by atoms with Crippen LogP contribution in [0, 0.1) is 0 Å². The molecule has 4 nitrogen and oxygen atoms in total. The van der Waals surface area contributed by atoms with Crippen LogP contribution in [0.4, 0.5) is 0 Å². The highest BCUT2D eigenvalue weighted by Gasteiger charge is 2.32. The molecule has 4 heteroatoms. The highest BCUT2D eigenvalue weighted by atomic mass is 16.5. The van der Waals surface area contributed by atoms with E-state index in [2.05, 4.69) is 4.98 Å². The molecular weight excluding hydrogens is 230 g/mol. The Morgan fingerprint density at radius 1 is 1.33 bits per heavy atom. The van der Waals surface area contributed by atoms with Crippen molar-refractivity contribution in [2.45, 2.75) is 39.5 Å². The van der Waals surface area contributed by atoms with Crippen LogP contribution < -0.4 is 4.74 Å². The summed E-state index contributed by atoms with van der Waals surface area (Å²) in [6.45, 7) is 8.51. The summed E-state index contributed by atoms with van der Waals surface area (Å²) in [7, 11) is 0. The highest BCUT2D eigenvalue weighted by molar-refractivity contribution is 5.82. The van der Waals surface area contributed by atoms with Crippen molar-refractivity contribution in [2.24, 2.45) is 0 Å². The van der Waals surface area contributed by atoms with E-state index in [-0.39, 0.29) is 5.97 Å². The molecule has 0 saturated heterocycles. The first-order chi connectivity index (χ1) is 8.52. The van der Waals surface area contributed by atoms with Gasteiger partial charge in [0.05, 0.1) is 24.8 Å². The lowest BCUT2D eigenvalue weighted by atomic mass is 9.86. The maximum absolute atomic E-state index is 11.9. The number of esters is 1. The molecule has 1 heterocycles. The van der Waals surface area contributed by atoms with E-state index in [9.17, 15) is 4.79 Å². The minimum Gasteiger partial charge on any atom is -0.492 e. The molecular formula is C14H21NO3. The van der Waals surface area contributed by atoms with Gasteiger partial charge in [-0.05, 0) is 38.8 Å². The minimum atomic E-state index is -0.714. The predicted octanol–water partition coefficient (Wildman–Crippen LogP) is 2.71. The van der Waals surface area contributed by atoms with Crippen LogP contribution in [0.15, 0.2) is 18.5 Å². The lowest BCUT2D eigenvalue weighted by Gasteiger charge is -2.22. The Labute approximate surface area is 108 Å². The molecule has 0 unspecified atom stereocenters. The van der Waals surface area contributed by atoms with Crippen molar-refractivity contribution in [1.29, 1.82) is 0 Å². The number of pyridine rings is 1. The zero-order valence-corrected chi connectivity index (χ0v) is 11.5. The third-order valence-electron chi connectivity index (χ3n) is 2.69. The topological polar surface area (TPSA) is 48.4 Å². The van der Waals surface area contributed by atoms with Crippen LogP contribution in [-0.2, 0) is 14.9 Å². The molecule has 100 valence electrons. The summed E-state index contributed by atoms with van der Waals surface area (Å²) < 4.78 is 10.6. The number of hydrogen-bond acceptors (Lipinski definition) is 4. The van der Waals surface area contributed by atoms with Gasteiger partial charge in [0, 0.05) is 6.20 Å². The monoisotopic (exact) mass is 251 g/mol. The third kappa shape index (κ3) is 3.45. The second kappa shape index (κ2) is 6.38. The van der Waals surface area contributed by atoms with Crippen LogP contribution in [0.5, 0.6) is 5.75 Å². The van der Waals surface area contributed by atoms with Crippen molar-refractivity contribution in [3.05, 3.63) is 24.0 Å². The number of carbonyl (C=O) groups is 1. The van der Waals surface area contributed by atoms with Crippen molar-refractivity contribution >= 4 is 5.97 Å². The van der Waals surface area contributed by atoms with Gasteiger partial charge in [0.25, 0.3) is 0 Å². The van der Waals surface area contributed by atoms with Gasteiger partial charge in [-0.1, -0.05) is 6.92 Å². The van der Waals surface area contributed by atoms with Gasteiger partial charge in [-0.2, -0.15) is 0 Å². The predicted molar refractivity (Wildman–Crippen MR) is 69.7 cm³/mol. The molecule has 0 aliphatic heterocycles. The van der Waals surface area contributed by atoms with Gasteiger partial charge in [-0.25, -0.2) is 0 Å². The third-order valence-corrected chi connectivity index (χ3v) is 2.69. The van der Waals surface area contributed by atoms with Crippen LogP contribution in [-0.4, -0.2) is 24.2 Å². The quantitative estimate of drug-likeness (QED) is 0.729. The van der Waals surface area contributed by atoms with Crippen molar-refractivity contribution in [2.75, 3.05) is 13.2 Å². The second-order valence-corrected chi connectivity index (χ2v) is 4.60. The second-order valence-electron chi connectivity index (χ2n) is 4.60. The number of carbonyl (C=O) groups excluding carboxylic acids is 1. The van der Waals surface area contributed by atoms with E-state index < -0.39 is 5.41 Å². The lowest BCUT2D eigenvalue weighted by Crippen LogP contribution is -2.31. The Morgan fingerprint density at radius 2 is 2.06 bits per heavy atom.